The summed E-state index contributed by atoms with van der Waals surface area (Å²) < 4.78 is 0. The van der Waals surface area contributed by atoms with Crippen LogP contribution in [0.15, 0.2) is 17.5 Å². The van der Waals surface area contributed by atoms with Gasteiger partial charge in [0, 0.05) is 0 Å². The van der Waals surface area contributed by atoms with Gasteiger partial charge in [0.1, 0.15) is 0 Å². The number of rotatable bonds is 0. The number of hydrogen-bond donors (Lipinski definition) is 0. The fourth-order valence-corrected chi connectivity index (χ4v) is 0.712. The molecular formula is C4H3OS. The molecule has 1 aromatic heterocycles. The van der Waals surface area contributed by atoms with Gasteiger partial charge >= 0.3 is 0 Å². The highest BCUT2D eigenvalue weighted by atomic mass is 32.1. The van der Waals surface area contributed by atoms with E-state index in [9.17, 15) is 5.11 Å². The topological polar surface area (TPSA) is 19.9 Å². The van der Waals surface area contributed by atoms with Gasteiger partial charge in [0.2, 0.25) is 5.06 Å². The minimum Gasteiger partial charge on any atom is -0.278 e. The van der Waals surface area contributed by atoms with E-state index < -0.39 is 0 Å². The lowest BCUT2D eigenvalue weighted by Gasteiger charge is -1.59. The van der Waals surface area contributed by atoms with E-state index in [4.69, 9.17) is 0 Å². The summed E-state index contributed by atoms with van der Waals surface area (Å²) in [5, 5.41) is 12.0. The minimum absolute atomic E-state index is 0.134. The van der Waals surface area contributed by atoms with Gasteiger partial charge in [-0.05, 0) is 17.5 Å². The molecule has 1 radical (unpaired) electrons. The first-order valence-electron chi connectivity index (χ1n) is 1.60. The third kappa shape index (κ3) is 0.518. The van der Waals surface area contributed by atoms with Crippen molar-refractivity contribution < 1.29 is 5.11 Å². The summed E-state index contributed by atoms with van der Waals surface area (Å²) >= 11 is 1.22. The molecule has 0 atom stereocenters. The van der Waals surface area contributed by atoms with Crippen molar-refractivity contribution in [2.24, 2.45) is 0 Å². The van der Waals surface area contributed by atoms with E-state index in [1.54, 1.807) is 17.5 Å². The second kappa shape index (κ2) is 1.30. The lowest BCUT2D eigenvalue weighted by atomic mass is 10.7. The van der Waals surface area contributed by atoms with Gasteiger partial charge in [-0.15, -0.1) is 11.3 Å². The van der Waals surface area contributed by atoms with Crippen LogP contribution in [-0.4, -0.2) is 0 Å². The summed E-state index contributed by atoms with van der Waals surface area (Å²) in [6.45, 7) is 0. The maximum atomic E-state index is 10.1. The first-order valence-corrected chi connectivity index (χ1v) is 2.48. The molecule has 0 amide bonds. The van der Waals surface area contributed by atoms with Crippen molar-refractivity contribution in [3.8, 4) is 5.06 Å². The molecule has 0 spiro atoms. The number of hydrogen-bond acceptors (Lipinski definition) is 1. The fourth-order valence-electron chi connectivity index (χ4n) is 0.263. The van der Waals surface area contributed by atoms with Gasteiger partial charge in [-0.2, -0.15) is 0 Å². The molecule has 1 aromatic rings. The molecule has 1 nitrogen and oxygen atoms in total. The zero-order valence-corrected chi connectivity index (χ0v) is 3.87. The molecule has 2 heteroatoms. The highest BCUT2D eigenvalue weighted by Crippen LogP contribution is 2.15. The highest BCUT2D eigenvalue weighted by Gasteiger charge is 1.81. The van der Waals surface area contributed by atoms with Gasteiger partial charge in [-0.25, -0.2) is 0 Å². The molecule has 0 aliphatic carbocycles. The lowest BCUT2D eigenvalue weighted by molar-refractivity contribution is 0.368. The van der Waals surface area contributed by atoms with Crippen LogP contribution in [0.5, 0.6) is 5.06 Å². The molecule has 0 fully saturated rings. The molecule has 31 valence electrons. The Morgan fingerprint density at radius 3 is 2.67 bits per heavy atom. The standard InChI is InChI=1S/C4H3OS/c5-4-2-1-3-6-4/h1-3H. The second-order valence-electron chi connectivity index (χ2n) is 0.932. The molecular weight excluding hydrogens is 96.1 g/mol. The molecule has 0 aliphatic heterocycles. The molecule has 0 saturated carbocycles. The van der Waals surface area contributed by atoms with Crippen molar-refractivity contribution >= 4 is 11.3 Å². The maximum absolute atomic E-state index is 10.1. The Morgan fingerprint density at radius 1 is 1.67 bits per heavy atom. The first kappa shape index (κ1) is 3.68. The predicted molar refractivity (Wildman–Crippen MR) is 24.5 cm³/mol. The largest absolute Gasteiger partial charge is 0.278 e. The Bertz CT molecular complexity index is 111. The van der Waals surface area contributed by atoms with Crippen LogP contribution in [0.25, 0.3) is 0 Å². The zero-order chi connectivity index (χ0) is 4.41. The molecule has 0 unspecified atom stereocenters. The van der Waals surface area contributed by atoms with Gasteiger partial charge in [0.15, 0.2) is 0 Å². The first-order chi connectivity index (χ1) is 2.89. The average molecular weight is 99.1 g/mol. The number of thiophene rings is 1. The van der Waals surface area contributed by atoms with Crippen LogP contribution >= 0.6 is 11.3 Å². The van der Waals surface area contributed by atoms with Crippen LogP contribution in [-0.2, 0) is 5.11 Å². The van der Waals surface area contributed by atoms with Crippen molar-refractivity contribution in [3.63, 3.8) is 0 Å². The highest BCUT2D eigenvalue weighted by molar-refractivity contribution is 7.11. The van der Waals surface area contributed by atoms with Crippen molar-refractivity contribution in [2.75, 3.05) is 0 Å². The molecule has 1 rings (SSSR count). The van der Waals surface area contributed by atoms with E-state index in [0.717, 1.165) is 0 Å². The Hall–Kier alpha value is -0.500. The summed E-state index contributed by atoms with van der Waals surface area (Å²) in [6.07, 6.45) is 0. The van der Waals surface area contributed by atoms with Gasteiger partial charge in [-0.3, -0.25) is 5.11 Å². The lowest BCUT2D eigenvalue weighted by Crippen LogP contribution is -1.31. The van der Waals surface area contributed by atoms with Crippen LogP contribution in [0.4, 0.5) is 0 Å². The molecule has 0 saturated heterocycles. The predicted octanol–water partition coefficient (Wildman–Crippen LogP) is 1.89. The monoisotopic (exact) mass is 99.0 g/mol. The Labute approximate surface area is 39.9 Å². The van der Waals surface area contributed by atoms with Crippen LogP contribution in [0, 0.1) is 0 Å². The molecule has 6 heavy (non-hydrogen) atoms. The minimum atomic E-state index is 0.134. The van der Waals surface area contributed by atoms with E-state index in [0.29, 0.717) is 0 Å². The smallest absolute Gasteiger partial charge is 0.232 e. The van der Waals surface area contributed by atoms with Gasteiger partial charge < -0.3 is 0 Å². The van der Waals surface area contributed by atoms with E-state index >= 15 is 0 Å². The fraction of sp³-hybridized carbons (Fsp3) is 0. The van der Waals surface area contributed by atoms with E-state index in [-0.39, 0.29) is 5.06 Å². The van der Waals surface area contributed by atoms with Crippen molar-refractivity contribution in [1.82, 2.24) is 0 Å². The second-order valence-corrected chi connectivity index (χ2v) is 1.84. The summed E-state index contributed by atoms with van der Waals surface area (Å²) in [5.74, 6) is 0. The summed E-state index contributed by atoms with van der Waals surface area (Å²) in [7, 11) is 0. The normalized spacial score (nSPS) is 8.67. The SMILES string of the molecule is [O]c1cccs1. The maximum Gasteiger partial charge on any atom is 0.232 e. The van der Waals surface area contributed by atoms with Crippen molar-refractivity contribution in [2.45, 2.75) is 0 Å². The molecule has 0 bridgehead atoms. The third-order valence-electron chi connectivity index (χ3n) is 0.495. The Balaban J connectivity index is 3.05. The Kier molecular flexibility index (Phi) is 0.801. The van der Waals surface area contributed by atoms with Crippen LogP contribution < -0.4 is 0 Å². The van der Waals surface area contributed by atoms with Crippen LogP contribution in [0.1, 0.15) is 0 Å². The van der Waals surface area contributed by atoms with Crippen LogP contribution in [0.3, 0.4) is 0 Å². The van der Waals surface area contributed by atoms with Crippen molar-refractivity contribution in [1.29, 1.82) is 0 Å². The molecule has 0 aliphatic rings. The van der Waals surface area contributed by atoms with E-state index in [1.165, 1.54) is 11.3 Å². The van der Waals surface area contributed by atoms with Crippen LogP contribution in [0.2, 0.25) is 0 Å². The molecule has 0 N–H and O–H groups in total. The Morgan fingerprint density at radius 2 is 2.50 bits per heavy atom. The molecule has 1 heterocycles. The van der Waals surface area contributed by atoms with E-state index in [2.05, 4.69) is 0 Å². The van der Waals surface area contributed by atoms with Gasteiger partial charge in [0.25, 0.3) is 0 Å². The summed E-state index contributed by atoms with van der Waals surface area (Å²) in [6, 6.07) is 3.29. The summed E-state index contributed by atoms with van der Waals surface area (Å²) in [4.78, 5) is 0. The van der Waals surface area contributed by atoms with Crippen molar-refractivity contribution in [3.05, 3.63) is 17.5 Å². The summed E-state index contributed by atoms with van der Waals surface area (Å²) in [5.41, 5.74) is 0. The van der Waals surface area contributed by atoms with Gasteiger partial charge in [-0.1, -0.05) is 0 Å². The van der Waals surface area contributed by atoms with Gasteiger partial charge in [0.05, 0.1) is 0 Å². The quantitative estimate of drug-likeness (QED) is 0.473. The molecule has 0 aromatic carbocycles. The third-order valence-corrected chi connectivity index (χ3v) is 1.16. The van der Waals surface area contributed by atoms with E-state index in [1.807, 2.05) is 0 Å². The average Bonchev–Trinajstić information content (AvgIpc) is 1.86. The zero-order valence-electron chi connectivity index (χ0n) is 3.05.